The fraction of sp³-hybridized carbons (Fsp3) is 0.941. The van der Waals surface area contributed by atoms with Crippen molar-refractivity contribution in [1.82, 2.24) is 20.4 Å². The van der Waals surface area contributed by atoms with Crippen molar-refractivity contribution >= 4 is 17.7 Å². The Balaban J connectivity index is 1.69. The highest BCUT2D eigenvalue weighted by Gasteiger charge is 2.25. The smallest absolute Gasteiger partial charge is 0.191 e. The molecule has 0 aromatic rings. The molecule has 3 atom stereocenters. The van der Waals surface area contributed by atoms with Crippen LogP contribution in [0.2, 0.25) is 0 Å². The van der Waals surface area contributed by atoms with Crippen LogP contribution in [0.5, 0.6) is 0 Å². The lowest BCUT2D eigenvalue weighted by Gasteiger charge is -2.37. The number of piperazine rings is 1. The maximum absolute atomic E-state index is 4.41. The third kappa shape index (κ3) is 5.84. The van der Waals surface area contributed by atoms with Crippen LogP contribution in [-0.4, -0.2) is 85.7 Å². The second-order valence-electron chi connectivity index (χ2n) is 6.78. The topological polar surface area (TPSA) is 42.9 Å². The number of likely N-dealkylation sites (N-methyl/N-ethyl adjacent to an activating group) is 1. The largest absolute Gasteiger partial charge is 0.355 e. The SMILES string of the molecule is CCN1CCN(C(C)CNC(=NC)NC2CCC(SC)C2)CC1. The van der Waals surface area contributed by atoms with Gasteiger partial charge in [0.1, 0.15) is 0 Å². The van der Waals surface area contributed by atoms with Gasteiger partial charge in [-0.15, -0.1) is 0 Å². The number of rotatable bonds is 6. The normalized spacial score (nSPS) is 28.8. The average molecular weight is 342 g/mol. The molecule has 1 saturated heterocycles. The Morgan fingerprint density at radius 2 is 2.00 bits per heavy atom. The zero-order valence-electron chi connectivity index (χ0n) is 15.3. The van der Waals surface area contributed by atoms with Crippen LogP contribution in [-0.2, 0) is 0 Å². The van der Waals surface area contributed by atoms with Gasteiger partial charge in [-0.25, -0.2) is 0 Å². The van der Waals surface area contributed by atoms with E-state index in [0.29, 0.717) is 12.1 Å². The highest BCUT2D eigenvalue weighted by Crippen LogP contribution is 2.27. The summed E-state index contributed by atoms with van der Waals surface area (Å²) in [6.07, 6.45) is 6.07. The Hall–Kier alpha value is -0.460. The molecular weight excluding hydrogens is 306 g/mol. The van der Waals surface area contributed by atoms with Crippen molar-refractivity contribution in [3.8, 4) is 0 Å². The van der Waals surface area contributed by atoms with Crippen molar-refractivity contribution in [3.63, 3.8) is 0 Å². The maximum atomic E-state index is 4.41. The van der Waals surface area contributed by atoms with Crippen molar-refractivity contribution in [1.29, 1.82) is 0 Å². The fourth-order valence-electron chi connectivity index (χ4n) is 3.57. The van der Waals surface area contributed by atoms with E-state index in [1.54, 1.807) is 0 Å². The van der Waals surface area contributed by atoms with Crippen LogP contribution in [0.25, 0.3) is 0 Å². The van der Waals surface area contributed by atoms with E-state index < -0.39 is 0 Å². The lowest BCUT2D eigenvalue weighted by atomic mass is 10.2. The summed E-state index contributed by atoms with van der Waals surface area (Å²) in [5.41, 5.74) is 0. The number of nitrogens with one attached hydrogen (secondary N) is 2. The van der Waals surface area contributed by atoms with E-state index in [9.17, 15) is 0 Å². The van der Waals surface area contributed by atoms with Gasteiger partial charge in [0.15, 0.2) is 5.96 Å². The highest BCUT2D eigenvalue weighted by atomic mass is 32.2. The molecule has 0 aromatic carbocycles. The van der Waals surface area contributed by atoms with Gasteiger partial charge in [-0.3, -0.25) is 9.89 Å². The van der Waals surface area contributed by atoms with Crippen LogP contribution in [0.4, 0.5) is 0 Å². The van der Waals surface area contributed by atoms with Crippen molar-refractivity contribution < 1.29 is 0 Å². The highest BCUT2D eigenvalue weighted by molar-refractivity contribution is 7.99. The summed E-state index contributed by atoms with van der Waals surface area (Å²) in [5, 5.41) is 7.95. The molecule has 2 fully saturated rings. The molecule has 2 N–H and O–H groups in total. The van der Waals surface area contributed by atoms with Gasteiger partial charge in [-0.2, -0.15) is 11.8 Å². The number of thioether (sulfide) groups is 1. The molecule has 1 saturated carbocycles. The minimum atomic E-state index is 0.551. The second-order valence-corrected chi connectivity index (χ2v) is 7.92. The van der Waals surface area contributed by atoms with Gasteiger partial charge in [0.05, 0.1) is 0 Å². The minimum absolute atomic E-state index is 0.551. The lowest BCUT2D eigenvalue weighted by Crippen LogP contribution is -2.53. The van der Waals surface area contributed by atoms with Crippen molar-refractivity contribution in [2.24, 2.45) is 4.99 Å². The Bertz CT molecular complexity index is 368. The van der Waals surface area contributed by atoms with E-state index in [-0.39, 0.29) is 0 Å². The lowest BCUT2D eigenvalue weighted by molar-refractivity contribution is 0.107. The molecular formula is C17H35N5S. The van der Waals surface area contributed by atoms with E-state index in [0.717, 1.165) is 17.8 Å². The van der Waals surface area contributed by atoms with Crippen LogP contribution < -0.4 is 10.6 Å². The molecule has 0 aromatic heterocycles. The predicted octanol–water partition coefficient (Wildman–Crippen LogP) is 1.46. The van der Waals surface area contributed by atoms with Crippen LogP contribution in [0, 0.1) is 0 Å². The summed E-state index contributed by atoms with van der Waals surface area (Å²) in [6, 6.07) is 1.14. The molecule has 5 nitrogen and oxygen atoms in total. The first-order valence-electron chi connectivity index (χ1n) is 9.12. The molecule has 134 valence electrons. The van der Waals surface area contributed by atoms with Gasteiger partial charge in [0, 0.05) is 57.1 Å². The van der Waals surface area contributed by atoms with Gasteiger partial charge in [0.2, 0.25) is 0 Å². The van der Waals surface area contributed by atoms with Gasteiger partial charge < -0.3 is 15.5 Å². The number of hydrogen-bond acceptors (Lipinski definition) is 4. The molecule has 6 heteroatoms. The Kier molecular flexibility index (Phi) is 7.99. The molecule has 2 aliphatic rings. The maximum Gasteiger partial charge on any atom is 0.191 e. The minimum Gasteiger partial charge on any atom is -0.355 e. The third-order valence-corrected chi connectivity index (χ3v) is 6.42. The molecule has 0 bridgehead atoms. The molecule has 1 heterocycles. The Morgan fingerprint density at radius 3 is 2.57 bits per heavy atom. The first kappa shape index (κ1) is 18.9. The first-order chi connectivity index (χ1) is 11.2. The van der Waals surface area contributed by atoms with Crippen LogP contribution in [0.1, 0.15) is 33.1 Å². The van der Waals surface area contributed by atoms with E-state index in [1.807, 2.05) is 18.8 Å². The molecule has 0 amide bonds. The second kappa shape index (κ2) is 9.74. The Labute approximate surface area is 146 Å². The number of guanidine groups is 1. The summed E-state index contributed by atoms with van der Waals surface area (Å²) in [5.74, 6) is 0.968. The molecule has 0 radical (unpaired) electrons. The van der Waals surface area contributed by atoms with Crippen molar-refractivity contribution in [2.75, 3.05) is 52.6 Å². The summed E-state index contributed by atoms with van der Waals surface area (Å²) >= 11 is 2.00. The third-order valence-electron chi connectivity index (χ3n) is 5.32. The molecule has 0 spiro atoms. The molecule has 2 rings (SSSR count). The number of hydrogen-bond donors (Lipinski definition) is 2. The van der Waals surface area contributed by atoms with E-state index in [4.69, 9.17) is 0 Å². The number of aliphatic imine (C=N–C) groups is 1. The molecule has 1 aliphatic carbocycles. The van der Waals surface area contributed by atoms with E-state index in [2.05, 4.69) is 45.5 Å². The fourth-order valence-corrected chi connectivity index (χ4v) is 4.36. The zero-order chi connectivity index (χ0) is 16.7. The van der Waals surface area contributed by atoms with E-state index in [1.165, 1.54) is 52.0 Å². The van der Waals surface area contributed by atoms with E-state index >= 15 is 0 Å². The first-order valence-corrected chi connectivity index (χ1v) is 10.4. The van der Waals surface area contributed by atoms with Gasteiger partial charge in [-0.1, -0.05) is 6.92 Å². The predicted molar refractivity (Wildman–Crippen MR) is 103 cm³/mol. The summed E-state index contributed by atoms with van der Waals surface area (Å²) in [4.78, 5) is 9.52. The van der Waals surface area contributed by atoms with Gasteiger partial charge in [-0.05, 0) is 39.0 Å². The Morgan fingerprint density at radius 1 is 1.26 bits per heavy atom. The van der Waals surface area contributed by atoms with Gasteiger partial charge >= 0.3 is 0 Å². The molecule has 1 aliphatic heterocycles. The van der Waals surface area contributed by atoms with Crippen LogP contribution in [0.15, 0.2) is 4.99 Å². The summed E-state index contributed by atoms with van der Waals surface area (Å²) in [6.45, 7) is 11.5. The standard InChI is InChI=1S/C17H35N5S/c1-5-21-8-10-22(11-9-21)14(2)13-19-17(18-3)20-15-6-7-16(12-15)23-4/h14-16H,5-13H2,1-4H3,(H2,18,19,20). The summed E-state index contributed by atoms with van der Waals surface area (Å²) in [7, 11) is 1.88. The quantitative estimate of drug-likeness (QED) is 0.566. The number of nitrogens with zero attached hydrogens (tertiary/aromatic N) is 3. The van der Waals surface area contributed by atoms with Gasteiger partial charge in [0.25, 0.3) is 0 Å². The van der Waals surface area contributed by atoms with Crippen molar-refractivity contribution in [2.45, 2.75) is 50.4 Å². The molecule has 23 heavy (non-hydrogen) atoms. The zero-order valence-corrected chi connectivity index (χ0v) is 16.2. The van der Waals surface area contributed by atoms with Crippen LogP contribution >= 0.6 is 11.8 Å². The monoisotopic (exact) mass is 341 g/mol. The van der Waals surface area contributed by atoms with Crippen LogP contribution in [0.3, 0.4) is 0 Å². The summed E-state index contributed by atoms with van der Waals surface area (Å²) < 4.78 is 0. The molecule has 3 unspecified atom stereocenters. The average Bonchev–Trinajstić information content (AvgIpc) is 3.06. The van der Waals surface area contributed by atoms with Crippen molar-refractivity contribution in [3.05, 3.63) is 0 Å².